The lowest BCUT2D eigenvalue weighted by molar-refractivity contribution is -0.132. The number of rotatable bonds is 7. The highest BCUT2D eigenvalue weighted by Crippen LogP contribution is 2.32. The number of benzene rings is 3. The smallest absolute Gasteiger partial charge is 0.363 e. The predicted octanol–water partition coefficient (Wildman–Crippen LogP) is 4.50. The van der Waals surface area contributed by atoms with Crippen LogP contribution in [0.5, 0.6) is 23.0 Å². The fourth-order valence-corrected chi connectivity index (χ4v) is 3.52. The van der Waals surface area contributed by atoms with Crippen molar-refractivity contribution in [3.63, 3.8) is 0 Å². The van der Waals surface area contributed by atoms with Crippen LogP contribution in [0, 0.1) is 6.92 Å². The van der Waals surface area contributed by atoms with Gasteiger partial charge in [0, 0.05) is 12.5 Å². The standard InChI is InChI=1S/C28H23NO8/c1-16-6-5-7-20(12-16)27(31)36-23-10-8-18(14-24(23)33-3)13-21-28(32)37-26(29-21)19-9-11-22(35-17(2)30)25(15-19)34-4/h5-15H,1-4H3/b21-13-. The van der Waals surface area contributed by atoms with Crippen LogP contribution in [0.2, 0.25) is 0 Å². The number of carbonyl (C=O) groups excluding carboxylic acids is 3. The maximum absolute atomic E-state index is 12.5. The third-order valence-corrected chi connectivity index (χ3v) is 5.23. The van der Waals surface area contributed by atoms with Crippen molar-refractivity contribution in [3.05, 3.63) is 88.6 Å². The molecule has 0 spiro atoms. The minimum absolute atomic E-state index is 0.0598. The minimum atomic E-state index is -0.646. The lowest BCUT2D eigenvalue weighted by Crippen LogP contribution is -2.09. The zero-order valence-electron chi connectivity index (χ0n) is 20.6. The molecule has 9 heteroatoms. The average Bonchev–Trinajstić information content (AvgIpc) is 3.24. The van der Waals surface area contributed by atoms with Crippen LogP contribution in [0.25, 0.3) is 6.08 Å². The van der Waals surface area contributed by atoms with Gasteiger partial charge in [-0.1, -0.05) is 23.8 Å². The summed E-state index contributed by atoms with van der Waals surface area (Å²) in [5, 5.41) is 0. The first kappa shape index (κ1) is 25.2. The van der Waals surface area contributed by atoms with Crippen molar-refractivity contribution in [3.8, 4) is 23.0 Å². The molecule has 3 aromatic carbocycles. The molecule has 0 aromatic heterocycles. The molecule has 0 radical (unpaired) electrons. The first-order valence-electron chi connectivity index (χ1n) is 11.1. The van der Waals surface area contributed by atoms with E-state index in [4.69, 9.17) is 23.7 Å². The Kier molecular flexibility index (Phi) is 7.34. The van der Waals surface area contributed by atoms with E-state index >= 15 is 0 Å². The van der Waals surface area contributed by atoms with E-state index in [0.717, 1.165) is 5.56 Å². The quantitative estimate of drug-likeness (QED) is 0.264. The van der Waals surface area contributed by atoms with Gasteiger partial charge in [-0.15, -0.1) is 0 Å². The number of methoxy groups -OCH3 is 2. The van der Waals surface area contributed by atoms with E-state index in [1.165, 1.54) is 33.3 Å². The van der Waals surface area contributed by atoms with E-state index in [9.17, 15) is 14.4 Å². The van der Waals surface area contributed by atoms with Crippen LogP contribution in [0.1, 0.15) is 34.0 Å². The Hall–Kier alpha value is -4.92. The van der Waals surface area contributed by atoms with Crippen LogP contribution in [0.3, 0.4) is 0 Å². The lowest BCUT2D eigenvalue weighted by atomic mass is 10.1. The number of hydrogen-bond acceptors (Lipinski definition) is 9. The van der Waals surface area contributed by atoms with E-state index in [-0.39, 0.29) is 28.8 Å². The largest absolute Gasteiger partial charge is 0.493 e. The van der Waals surface area contributed by atoms with Gasteiger partial charge < -0.3 is 23.7 Å². The molecular formula is C28H23NO8. The third-order valence-electron chi connectivity index (χ3n) is 5.23. The second-order valence-electron chi connectivity index (χ2n) is 7.96. The molecule has 37 heavy (non-hydrogen) atoms. The normalized spacial score (nSPS) is 13.6. The van der Waals surface area contributed by atoms with Crippen LogP contribution in [-0.2, 0) is 14.3 Å². The summed E-state index contributed by atoms with van der Waals surface area (Å²) in [6.07, 6.45) is 1.52. The topological polar surface area (TPSA) is 110 Å². The molecule has 1 aliphatic rings. The highest BCUT2D eigenvalue weighted by molar-refractivity contribution is 6.13. The summed E-state index contributed by atoms with van der Waals surface area (Å²) in [5.74, 6) is -0.541. The molecule has 0 saturated heterocycles. The van der Waals surface area contributed by atoms with Crippen molar-refractivity contribution in [2.45, 2.75) is 13.8 Å². The number of hydrogen-bond donors (Lipinski definition) is 0. The van der Waals surface area contributed by atoms with Gasteiger partial charge in [0.05, 0.1) is 19.8 Å². The van der Waals surface area contributed by atoms with E-state index in [0.29, 0.717) is 22.4 Å². The molecule has 9 nitrogen and oxygen atoms in total. The van der Waals surface area contributed by atoms with Gasteiger partial charge in [-0.3, -0.25) is 4.79 Å². The molecule has 0 atom stereocenters. The summed E-state index contributed by atoms with van der Waals surface area (Å²) in [4.78, 5) is 40.6. The molecule has 0 bridgehead atoms. The fourth-order valence-electron chi connectivity index (χ4n) is 3.52. The van der Waals surface area contributed by atoms with Crippen LogP contribution >= 0.6 is 0 Å². The molecule has 0 amide bonds. The van der Waals surface area contributed by atoms with Crippen molar-refractivity contribution in [2.75, 3.05) is 14.2 Å². The van der Waals surface area contributed by atoms with Crippen molar-refractivity contribution in [1.29, 1.82) is 0 Å². The molecule has 0 unspecified atom stereocenters. The minimum Gasteiger partial charge on any atom is -0.493 e. The van der Waals surface area contributed by atoms with Crippen LogP contribution < -0.4 is 18.9 Å². The Morgan fingerprint density at radius 2 is 1.57 bits per heavy atom. The fraction of sp³-hybridized carbons (Fsp3) is 0.143. The Morgan fingerprint density at radius 1 is 0.865 bits per heavy atom. The molecule has 0 saturated carbocycles. The van der Waals surface area contributed by atoms with Gasteiger partial charge in [0.2, 0.25) is 5.90 Å². The first-order valence-corrected chi connectivity index (χ1v) is 11.1. The summed E-state index contributed by atoms with van der Waals surface area (Å²) < 4.78 is 26.6. The summed E-state index contributed by atoms with van der Waals surface area (Å²) >= 11 is 0. The maximum atomic E-state index is 12.5. The second kappa shape index (κ2) is 10.8. The molecule has 0 aliphatic carbocycles. The van der Waals surface area contributed by atoms with Crippen molar-refractivity contribution < 1.29 is 38.1 Å². The highest BCUT2D eigenvalue weighted by Gasteiger charge is 2.25. The molecule has 3 aromatic rings. The van der Waals surface area contributed by atoms with Crippen molar-refractivity contribution in [2.24, 2.45) is 4.99 Å². The van der Waals surface area contributed by atoms with E-state index < -0.39 is 17.9 Å². The van der Waals surface area contributed by atoms with Gasteiger partial charge in [-0.05, 0) is 61.0 Å². The third kappa shape index (κ3) is 5.84. The van der Waals surface area contributed by atoms with Gasteiger partial charge in [-0.25, -0.2) is 14.6 Å². The van der Waals surface area contributed by atoms with Crippen molar-refractivity contribution in [1.82, 2.24) is 0 Å². The Balaban J connectivity index is 1.57. The molecule has 0 fully saturated rings. The summed E-state index contributed by atoms with van der Waals surface area (Å²) in [6.45, 7) is 3.17. The zero-order chi connectivity index (χ0) is 26.5. The van der Waals surface area contributed by atoms with Gasteiger partial charge >= 0.3 is 17.9 Å². The lowest BCUT2D eigenvalue weighted by Gasteiger charge is -2.10. The van der Waals surface area contributed by atoms with E-state index in [1.807, 2.05) is 13.0 Å². The molecule has 1 aliphatic heterocycles. The number of nitrogens with zero attached hydrogens (tertiary/aromatic N) is 1. The van der Waals surface area contributed by atoms with Gasteiger partial charge in [0.15, 0.2) is 28.7 Å². The summed E-state index contributed by atoms with van der Waals surface area (Å²) in [6, 6.07) is 16.6. The maximum Gasteiger partial charge on any atom is 0.363 e. The number of ether oxygens (including phenoxy) is 5. The molecular weight excluding hydrogens is 478 g/mol. The zero-order valence-corrected chi connectivity index (χ0v) is 20.6. The van der Waals surface area contributed by atoms with E-state index in [2.05, 4.69) is 4.99 Å². The van der Waals surface area contributed by atoms with Crippen molar-refractivity contribution >= 4 is 29.9 Å². The van der Waals surface area contributed by atoms with Crippen LogP contribution in [-0.4, -0.2) is 38.0 Å². The Labute approximate surface area is 212 Å². The number of cyclic esters (lactones) is 1. The Bertz CT molecular complexity index is 1450. The second-order valence-corrected chi connectivity index (χ2v) is 7.96. The van der Waals surface area contributed by atoms with Gasteiger partial charge in [-0.2, -0.15) is 0 Å². The number of aliphatic imine (C=N–C) groups is 1. The van der Waals surface area contributed by atoms with Gasteiger partial charge in [0.25, 0.3) is 0 Å². The molecule has 1 heterocycles. The first-order chi connectivity index (χ1) is 17.8. The molecule has 4 rings (SSSR count). The molecule has 188 valence electrons. The number of carbonyl (C=O) groups is 3. The summed E-state index contributed by atoms with van der Waals surface area (Å²) in [7, 11) is 2.87. The van der Waals surface area contributed by atoms with Gasteiger partial charge in [0.1, 0.15) is 0 Å². The Morgan fingerprint density at radius 3 is 2.27 bits per heavy atom. The van der Waals surface area contributed by atoms with E-state index in [1.54, 1.807) is 48.5 Å². The highest BCUT2D eigenvalue weighted by atomic mass is 16.6. The predicted molar refractivity (Wildman–Crippen MR) is 134 cm³/mol. The van der Waals surface area contributed by atoms with Crippen LogP contribution in [0.4, 0.5) is 0 Å². The summed E-state index contributed by atoms with van der Waals surface area (Å²) in [5.41, 5.74) is 2.45. The monoisotopic (exact) mass is 501 g/mol. The number of aryl methyl sites for hydroxylation is 1. The molecule has 0 N–H and O–H groups in total. The number of esters is 3. The SMILES string of the molecule is COc1cc(C2=N/C(=C\c3ccc(OC(=O)c4cccc(C)c4)c(OC)c3)C(=O)O2)ccc1OC(C)=O. The average molecular weight is 501 g/mol. The van der Waals surface area contributed by atoms with Crippen LogP contribution in [0.15, 0.2) is 71.4 Å².